The largest absolute Gasteiger partial charge is 0.423 e. The van der Waals surface area contributed by atoms with Crippen molar-refractivity contribution in [1.82, 2.24) is 0 Å². The zero-order valence-corrected chi connectivity index (χ0v) is 10.5. The van der Waals surface area contributed by atoms with Crippen molar-refractivity contribution >= 4 is 23.6 Å². The Bertz CT molecular complexity index is 674. The number of rotatable bonds is 0. The molecule has 3 heteroatoms. The van der Waals surface area contributed by atoms with E-state index in [2.05, 4.69) is 12.6 Å². The maximum atomic E-state index is 10.7. The number of benzene rings is 2. The number of thiol groups is 1. The third kappa shape index (κ3) is 3.50. The summed E-state index contributed by atoms with van der Waals surface area (Å²) in [6.07, 6.45) is 0. The summed E-state index contributed by atoms with van der Waals surface area (Å²) >= 11 is 4.08. The van der Waals surface area contributed by atoms with E-state index in [0.717, 1.165) is 10.3 Å². The van der Waals surface area contributed by atoms with Crippen LogP contribution in [0.15, 0.2) is 80.8 Å². The predicted octanol–water partition coefficient (Wildman–Crippen LogP) is 3.77. The predicted molar refractivity (Wildman–Crippen MR) is 76.2 cm³/mol. The number of hydrogen-bond donors (Lipinski definition) is 1. The summed E-state index contributed by atoms with van der Waals surface area (Å²) in [6, 6.07) is 20.4. The summed E-state index contributed by atoms with van der Waals surface area (Å²) in [5.74, 6) is 0. The molecule has 3 rings (SSSR count). The van der Waals surface area contributed by atoms with Gasteiger partial charge in [-0.3, -0.25) is 0 Å². The quantitative estimate of drug-likeness (QED) is 0.490. The van der Waals surface area contributed by atoms with Crippen LogP contribution in [0.1, 0.15) is 0 Å². The molecule has 3 aromatic rings. The Labute approximate surface area is 110 Å². The van der Waals surface area contributed by atoms with Gasteiger partial charge in [-0.25, -0.2) is 4.79 Å². The highest BCUT2D eigenvalue weighted by Crippen LogP contribution is 2.08. The van der Waals surface area contributed by atoms with Crippen LogP contribution >= 0.6 is 12.6 Å². The smallest absolute Gasteiger partial charge is 0.336 e. The monoisotopic (exact) mass is 256 g/mol. The van der Waals surface area contributed by atoms with Gasteiger partial charge in [0.2, 0.25) is 0 Å². The normalized spacial score (nSPS) is 9.61. The van der Waals surface area contributed by atoms with Crippen molar-refractivity contribution < 1.29 is 4.42 Å². The summed E-state index contributed by atoms with van der Waals surface area (Å²) in [7, 11) is 0. The SMILES string of the molecule is O=c1ccc2ccccc2o1.Sc1ccccc1. The van der Waals surface area contributed by atoms with Gasteiger partial charge in [-0.1, -0.05) is 36.4 Å². The molecule has 0 radical (unpaired) electrons. The Morgan fingerprint density at radius 2 is 1.44 bits per heavy atom. The lowest BCUT2D eigenvalue weighted by atomic mass is 10.2. The van der Waals surface area contributed by atoms with Gasteiger partial charge in [0.1, 0.15) is 5.58 Å². The Morgan fingerprint density at radius 1 is 0.778 bits per heavy atom. The van der Waals surface area contributed by atoms with Crippen molar-refractivity contribution in [3.8, 4) is 0 Å². The average Bonchev–Trinajstić information content (AvgIpc) is 2.40. The summed E-state index contributed by atoms with van der Waals surface area (Å²) in [6.45, 7) is 0. The molecule has 2 aromatic carbocycles. The topological polar surface area (TPSA) is 30.2 Å². The lowest BCUT2D eigenvalue weighted by Crippen LogP contribution is -1.93. The van der Waals surface area contributed by atoms with E-state index < -0.39 is 0 Å². The van der Waals surface area contributed by atoms with Gasteiger partial charge in [0.15, 0.2) is 0 Å². The molecule has 0 aliphatic heterocycles. The molecular weight excluding hydrogens is 244 g/mol. The standard InChI is InChI=1S/C9H6O2.C6H6S/c10-9-6-5-7-3-1-2-4-8(7)11-9;7-6-4-2-1-3-5-6/h1-6H;1-5,7H. The average molecular weight is 256 g/mol. The second kappa shape index (κ2) is 6.07. The second-order valence-electron chi connectivity index (χ2n) is 3.63. The molecule has 90 valence electrons. The Morgan fingerprint density at radius 3 is 2.11 bits per heavy atom. The van der Waals surface area contributed by atoms with E-state index in [1.165, 1.54) is 6.07 Å². The van der Waals surface area contributed by atoms with E-state index in [0.29, 0.717) is 5.58 Å². The molecule has 1 heterocycles. The van der Waals surface area contributed by atoms with Crippen molar-refractivity contribution in [1.29, 1.82) is 0 Å². The Balaban J connectivity index is 0.000000149. The number of fused-ring (bicyclic) bond motifs is 1. The first-order valence-electron chi connectivity index (χ1n) is 5.48. The Kier molecular flexibility index (Phi) is 4.20. The summed E-state index contributed by atoms with van der Waals surface area (Å²) in [5.41, 5.74) is 0.337. The molecule has 0 saturated heterocycles. The summed E-state index contributed by atoms with van der Waals surface area (Å²) in [5, 5.41) is 0.951. The third-order valence-electron chi connectivity index (χ3n) is 2.28. The van der Waals surface area contributed by atoms with Crippen LogP contribution in [0.3, 0.4) is 0 Å². The molecule has 0 fully saturated rings. The van der Waals surface area contributed by atoms with Crippen molar-refractivity contribution in [3.05, 3.63) is 77.2 Å². The molecule has 0 saturated carbocycles. The van der Waals surface area contributed by atoms with Crippen molar-refractivity contribution in [2.75, 3.05) is 0 Å². The van der Waals surface area contributed by atoms with Gasteiger partial charge >= 0.3 is 5.63 Å². The van der Waals surface area contributed by atoms with Crippen LogP contribution in [-0.2, 0) is 0 Å². The van der Waals surface area contributed by atoms with E-state index >= 15 is 0 Å². The van der Waals surface area contributed by atoms with E-state index in [4.69, 9.17) is 4.42 Å². The van der Waals surface area contributed by atoms with Crippen LogP contribution < -0.4 is 5.63 Å². The molecule has 0 bridgehead atoms. The van der Waals surface area contributed by atoms with E-state index in [-0.39, 0.29) is 5.63 Å². The van der Waals surface area contributed by atoms with Gasteiger partial charge in [0.05, 0.1) is 0 Å². The molecule has 0 atom stereocenters. The maximum Gasteiger partial charge on any atom is 0.336 e. The second-order valence-corrected chi connectivity index (χ2v) is 4.14. The van der Waals surface area contributed by atoms with Gasteiger partial charge in [-0.05, 0) is 24.3 Å². The van der Waals surface area contributed by atoms with Gasteiger partial charge < -0.3 is 4.42 Å². The number of hydrogen-bond acceptors (Lipinski definition) is 3. The first kappa shape index (κ1) is 12.5. The molecule has 18 heavy (non-hydrogen) atoms. The zero-order valence-electron chi connectivity index (χ0n) is 9.61. The lowest BCUT2D eigenvalue weighted by Gasteiger charge is -1.91. The van der Waals surface area contributed by atoms with Crippen LogP contribution in [0, 0.1) is 0 Å². The first-order valence-corrected chi connectivity index (χ1v) is 5.93. The fraction of sp³-hybridized carbons (Fsp3) is 0. The highest BCUT2D eigenvalue weighted by atomic mass is 32.1. The van der Waals surface area contributed by atoms with Crippen molar-refractivity contribution in [2.24, 2.45) is 0 Å². The number of para-hydroxylation sites is 1. The third-order valence-corrected chi connectivity index (χ3v) is 2.58. The van der Waals surface area contributed by atoms with Crippen LogP contribution in [-0.4, -0.2) is 0 Å². The molecule has 1 aromatic heterocycles. The fourth-order valence-electron chi connectivity index (χ4n) is 1.44. The highest BCUT2D eigenvalue weighted by Gasteiger charge is 1.92. The molecule has 0 N–H and O–H groups in total. The van der Waals surface area contributed by atoms with E-state index in [9.17, 15) is 4.79 Å². The summed E-state index contributed by atoms with van der Waals surface area (Å²) < 4.78 is 4.91. The Hall–Kier alpha value is -2.00. The molecule has 0 unspecified atom stereocenters. The van der Waals surface area contributed by atoms with Gasteiger partial charge in [-0.2, -0.15) is 0 Å². The molecule has 2 nitrogen and oxygen atoms in total. The molecule has 0 aliphatic rings. The van der Waals surface area contributed by atoms with E-state index in [1.807, 2.05) is 48.5 Å². The van der Waals surface area contributed by atoms with Crippen LogP contribution in [0.25, 0.3) is 11.0 Å². The van der Waals surface area contributed by atoms with Crippen molar-refractivity contribution in [3.63, 3.8) is 0 Å². The maximum absolute atomic E-state index is 10.7. The van der Waals surface area contributed by atoms with Gasteiger partial charge in [0.25, 0.3) is 0 Å². The van der Waals surface area contributed by atoms with Crippen LogP contribution in [0.4, 0.5) is 0 Å². The minimum Gasteiger partial charge on any atom is -0.423 e. The minimum atomic E-state index is -0.302. The molecular formula is C15H12O2S. The summed E-state index contributed by atoms with van der Waals surface area (Å²) in [4.78, 5) is 11.7. The molecule has 0 amide bonds. The highest BCUT2D eigenvalue weighted by molar-refractivity contribution is 7.80. The van der Waals surface area contributed by atoms with Gasteiger partial charge in [-0.15, -0.1) is 12.6 Å². The minimum absolute atomic E-state index is 0.302. The van der Waals surface area contributed by atoms with Crippen molar-refractivity contribution in [2.45, 2.75) is 4.90 Å². The van der Waals surface area contributed by atoms with E-state index in [1.54, 1.807) is 12.1 Å². The first-order chi connectivity index (χ1) is 8.75. The van der Waals surface area contributed by atoms with Gasteiger partial charge in [0, 0.05) is 16.3 Å². The van der Waals surface area contributed by atoms with Crippen LogP contribution in [0.2, 0.25) is 0 Å². The van der Waals surface area contributed by atoms with Crippen LogP contribution in [0.5, 0.6) is 0 Å². The molecule has 0 spiro atoms. The molecule has 0 aliphatic carbocycles. The fourth-order valence-corrected chi connectivity index (χ4v) is 1.61. The lowest BCUT2D eigenvalue weighted by molar-refractivity contribution is 0.561. The zero-order chi connectivity index (χ0) is 12.8.